The molecule has 108 valence electrons. The molecule has 0 unspecified atom stereocenters. The number of pyridine rings is 1. The predicted molar refractivity (Wildman–Crippen MR) is 70.5 cm³/mol. The van der Waals surface area contributed by atoms with Crippen molar-refractivity contribution in [3.8, 4) is 17.0 Å². The normalized spacial score (nSPS) is 11.9. The number of aromatic amines is 1. The van der Waals surface area contributed by atoms with Gasteiger partial charge >= 0.3 is 0 Å². The number of hydrogen-bond donors (Lipinski definition) is 2. The summed E-state index contributed by atoms with van der Waals surface area (Å²) in [7, 11) is 0. The van der Waals surface area contributed by atoms with Gasteiger partial charge in [0.15, 0.2) is 0 Å². The zero-order valence-electron chi connectivity index (χ0n) is 11.2. The minimum Gasteiger partial charge on any atom is -0.490 e. The average molecular weight is 282 g/mol. The highest BCUT2D eigenvalue weighted by atomic mass is 19.3. The molecule has 2 rings (SSSR count). The molecule has 0 aliphatic heterocycles. The molecular formula is C13H16F2N4O. The van der Waals surface area contributed by atoms with Crippen LogP contribution in [0, 0.1) is 0 Å². The van der Waals surface area contributed by atoms with Crippen LogP contribution >= 0.6 is 0 Å². The van der Waals surface area contributed by atoms with E-state index >= 15 is 0 Å². The summed E-state index contributed by atoms with van der Waals surface area (Å²) < 4.78 is 31.5. The van der Waals surface area contributed by atoms with Gasteiger partial charge in [-0.05, 0) is 26.0 Å². The molecule has 2 heterocycles. The first-order valence-corrected chi connectivity index (χ1v) is 6.07. The molecule has 0 spiro atoms. The van der Waals surface area contributed by atoms with Crippen molar-refractivity contribution in [2.45, 2.75) is 25.8 Å². The third kappa shape index (κ3) is 3.51. The van der Waals surface area contributed by atoms with Gasteiger partial charge in [0.05, 0.1) is 11.9 Å². The molecule has 3 N–H and O–H groups in total. The lowest BCUT2D eigenvalue weighted by molar-refractivity contribution is 0.137. The van der Waals surface area contributed by atoms with Crippen LogP contribution in [0.15, 0.2) is 24.5 Å². The van der Waals surface area contributed by atoms with Crippen molar-refractivity contribution in [1.29, 1.82) is 0 Å². The van der Waals surface area contributed by atoms with E-state index in [-0.39, 0.29) is 12.4 Å². The molecule has 0 aromatic carbocycles. The zero-order chi connectivity index (χ0) is 14.8. The van der Waals surface area contributed by atoms with Crippen LogP contribution in [-0.4, -0.2) is 27.3 Å². The number of alkyl halides is 2. The molecule has 20 heavy (non-hydrogen) atoms. The fraction of sp³-hybridized carbons (Fsp3) is 0.385. The number of aromatic nitrogens is 3. The number of ether oxygens (including phenoxy) is 1. The number of hydrogen-bond acceptors (Lipinski definition) is 4. The Kier molecular flexibility index (Phi) is 3.99. The highest BCUT2D eigenvalue weighted by Crippen LogP contribution is 2.30. The Bertz CT molecular complexity index is 564. The second-order valence-electron chi connectivity index (χ2n) is 5.14. The summed E-state index contributed by atoms with van der Waals surface area (Å²) in [5, 5.41) is 6.38. The van der Waals surface area contributed by atoms with E-state index in [9.17, 15) is 8.78 Å². The maximum atomic E-state index is 13.1. The summed E-state index contributed by atoms with van der Waals surface area (Å²) in [6, 6.07) is 3.08. The first-order valence-electron chi connectivity index (χ1n) is 6.07. The van der Waals surface area contributed by atoms with Crippen LogP contribution in [0.5, 0.6) is 5.75 Å². The molecule has 0 radical (unpaired) electrons. The van der Waals surface area contributed by atoms with Gasteiger partial charge in [-0.25, -0.2) is 13.8 Å². The topological polar surface area (TPSA) is 76.8 Å². The molecule has 0 aliphatic carbocycles. The largest absolute Gasteiger partial charge is 0.490 e. The van der Waals surface area contributed by atoms with Gasteiger partial charge in [0.25, 0.3) is 6.43 Å². The molecule has 5 nitrogen and oxygen atoms in total. The minimum absolute atomic E-state index is 0.0470. The summed E-state index contributed by atoms with van der Waals surface area (Å²) >= 11 is 0. The molecule has 0 aliphatic rings. The van der Waals surface area contributed by atoms with E-state index in [1.165, 1.54) is 12.3 Å². The Hall–Kier alpha value is -2.02. The number of halogens is 2. The van der Waals surface area contributed by atoms with E-state index in [0.717, 1.165) is 0 Å². The molecule has 0 amide bonds. The SMILES string of the molecule is CC(C)(N)COc1ccc(-c2cn[nH]c2)nc1C(F)F. The third-order valence-corrected chi connectivity index (χ3v) is 2.49. The molecule has 0 bridgehead atoms. The number of H-pyrrole nitrogens is 1. The Morgan fingerprint density at radius 1 is 1.40 bits per heavy atom. The van der Waals surface area contributed by atoms with Crippen LogP contribution < -0.4 is 10.5 Å². The van der Waals surface area contributed by atoms with Gasteiger partial charge in [-0.15, -0.1) is 0 Å². The van der Waals surface area contributed by atoms with Gasteiger partial charge in [-0.3, -0.25) is 5.10 Å². The lowest BCUT2D eigenvalue weighted by atomic mass is 10.1. The lowest BCUT2D eigenvalue weighted by Crippen LogP contribution is -2.38. The lowest BCUT2D eigenvalue weighted by Gasteiger charge is -2.20. The van der Waals surface area contributed by atoms with Crippen molar-refractivity contribution in [2.75, 3.05) is 6.61 Å². The first kappa shape index (κ1) is 14.4. The van der Waals surface area contributed by atoms with Crippen LogP contribution in [0.4, 0.5) is 8.78 Å². The summed E-state index contributed by atoms with van der Waals surface area (Å²) in [6.45, 7) is 3.63. The molecule has 7 heteroatoms. The number of nitrogens with one attached hydrogen (secondary N) is 1. The fourth-order valence-corrected chi connectivity index (χ4v) is 1.56. The van der Waals surface area contributed by atoms with Crippen molar-refractivity contribution < 1.29 is 13.5 Å². The molecule has 2 aromatic heterocycles. The van der Waals surface area contributed by atoms with Crippen LogP contribution in [-0.2, 0) is 0 Å². The Labute approximate surface area is 115 Å². The number of nitrogens with zero attached hydrogens (tertiary/aromatic N) is 2. The average Bonchev–Trinajstić information content (AvgIpc) is 2.89. The summed E-state index contributed by atoms with van der Waals surface area (Å²) in [4.78, 5) is 3.94. The summed E-state index contributed by atoms with van der Waals surface area (Å²) in [5.74, 6) is 0.0470. The Balaban J connectivity index is 2.29. The van der Waals surface area contributed by atoms with E-state index < -0.39 is 17.7 Å². The Morgan fingerprint density at radius 3 is 2.70 bits per heavy atom. The molecule has 2 aromatic rings. The van der Waals surface area contributed by atoms with Crippen molar-refractivity contribution in [1.82, 2.24) is 15.2 Å². The second-order valence-corrected chi connectivity index (χ2v) is 5.14. The molecule has 0 atom stereocenters. The van der Waals surface area contributed by atoms with Gasteiger partial charge in [0, 0.05) is 17.3 Å². The monoisotopic (exact) mass is 282 g/mol. The van der Waals surface area contributed by atoms with Crippen LogP contribution in [0.25, 0.3) is 11.3 Å². The van der Waals surface area contributed by atoms with Gasteiger partial charge in [-0.1, -0.05) is 0 Å². The summed E-state index contributed by atoms with van der Waals surface area (Å²) in [5.41, 5.74) is 5.81. The van der Waals surface area contributed by atoms with Gasteiger partial charge in [0.1, 0.15) is 18.1 Å². The molecular weight excluding hydrogens is 266 g/mol. The van der Waals surface area contributed by atoms with Crippen molar-refractivity contribution >= 4 is 0 Å². The van der Waals surface area contributed by atoms with Gasteiger partial charge in [0.2, 0.25) is 0 Å². The highest BCUT2D eigenvalue weighted by molar-refractivity contribution is 5.58. The van der Waals surface area contributed by atoms with E-state index in [2.05, 4.69) is 15.2 Å². The highest BCUT2D eigenvalue weighted by Gasteiger charge is 2.20. The van der Waals surface area contributed by atoms with Crippen LogP contribution in [0.3, 0.4) is 0 Å². The quantitative estimate of drug-likeness (QED) is 0.883. The van der Waals surface area contributed by atoms with Crippen molar-refractivity contribution in [2.24, 2.45) is 5.73 Å². The standard InChI is InChI=1S/C13H16F2N4O/c1-13(2,16)7-20-10-4-3-9(8-5-17-18-6-8)19-11(10)12(14)15/h3-6,12H,7,16H2,1-2H3,(H,17,18). The van der Waals surface area contributed by atoms with E-state index in [1.54, 1.807) is 26.1 Å². The third-order valence-electron chi connectivity index (χ3n) is 2.49. The second kappa shape index (κ2) is 5.54. The first-order chi connectivity index (χ1) is 9.37. The van der Waals surface area contributed by atoms with Gasteiger partial charge < -0.3 is 10.5 Å². The molecule has 0 fully saturated rings. The molecule has 0 saturated carbocycles. The van der Waals surface area contributed by atoms with Gasteiger partial charge in [-0.2, -0.15) is 5.10 Å². The number of rotatable bonds is 5. The minimum atomic E-state index is -2.72. The maximum absolute atomic E-state index is 13.1. The number of nitrogens with two attached hydrogens (primary N) is 1. The van der Waals surface area contributed by atoms with Crippen LogP contribution in [0.2, 0.25) is 0 Å². The van der Waals surface area contributed by atoms with Crippen molar-refractivity contribution in [3.63, 3.8) is 0 Å². The molecule has 0 saturated heterocycles. The van der Waals surface area contributed by atoms with Crippen molar-refractivity contribution in [3.05, 3.63) is 30.2 Å². The fourth-order valence-electron chi connectivity index (χ4n) is 1.56. The maximum Gasteiger partial charge on any atom is 0.284 e. The summed E-state index contributed by atoms with van der Waals surface area (Å²) in [6.07, 6.45) is 0.375. The predicted octanol–water partition coefficient (Wildman–Crippen LogP) is 2.53. The Morgan fingerprint density at radius 2 is 2.15 bits per heavy atom. The smallest absolute Gasteiger partial charge is 0.284 e. The van der Waals surface area contributed by atoms with E-state index in [0.29, 0.717) is 11.3 Å². The van der Waals surface area contributed by atoms with E-state index in [1.807, 2.05) is 0 Å². The van der Waals surface area contributed by atoms with Crippen LogP contribution in [0.1, 0.15) is 26.0 Å². The zero-order valence-corrected chi connectivity index (χ0v) is 11.2. The van der Waals surface area contributed by atoms with E-state index in [4.69, 9.17) is 10.5 Å².